The molecule has 2 unspecified atom stereocenters. The number of hydrogen-bond donors (Lipinski definition) is 1. The highest BCUT2D eigenvalue weighted by Crippen LogP contribution is 2.58. The summed E-state index contributed by atoms with van der Waals surface area (Å²) in [6.45, 7) is 4.54. The Labute approximate surface area is 157 Å². The van der Waals surface area contributed by atoms with Crippen molar-refractivity contribution in [3.63, 3.8) is 0 Å². The Morgan fingerprint density at radius 1 is 1.15 bits per heavy atom. The zero-order valence-electron chi connectivity index (χ0n) is 15.1. The summed E-state index contributed by atoms with van der Waals surface area (Å²) in [5.74, 6) is 0.0819. The molecule has 1 fully saturated rings. The van der Waals surface area contributed by atoms with Crippen molar-refractivity contribution in [2.24, 2.45) is 0 Å². The minimum atomic E-state index is -1.82. The summed E-state index contributed by atoms with van der Waals surface area (Å²) in [5, 5.41) is 11.7. The van der Waals surface area contributed by atoms with Gasteiger partial charge in [0.1, 0.15) is 10.5 Å². The highest BCUT2D eigenvalue weighted by molar-refractivity contribution is 8.16. The molecule has 2 atom stereocenters. The third-order valence-electron chi connectivity index (χ3n) is 5.73. The molecule has 0 aromatic heterocycles. The van der Waals surface area contributed by atoms with Gasteiger partial charge in [0, 0.05) is 17.7 Å². The van der Waals surface area contributed by atoms with Crippen LogP contribution in [0.1, 0.15) is 45.1 Å². The lowest BCUT2D eigenvalue weighted by molar-refractivity contribution is -0.139. The largest absolute Gasteiger partial charge is 0.496 e. The number of thioether (sulfide) groups is 1. The summed E-state index contributed by atoms with van der Waals surface area (Å²) in [6.07, 6.45) is 3.78. The summed E-state index contributed by atoms with van der Waals surface area (Å²) in [7, 11) is 0. The first-order chi connectivity index (χ1) is 12.4. The van der Waals surface area contributed by atoms with Gasteiger partial charge in [0.15, 0.2) is 5.60 Å². The number of nitrogens with zero attached hydrogens (tertiary/aromatic N) is 1. The summed E-state index contributed by atoms with van der Waals surface area (Å²) in [4.78, 5) is 27.6. The molecule has 1 saturated heterocycles. The average molecular weight is 373 g/mol. The van der Waals surface area contributed by atoms with E-state index in [-0.39, 0.29) is 11.0 Å². The quantitative estimate of drug-likeness (QED) is 0.757. The van der Waals surface area contributed by atoms with Crippen molar-refractivity contribution < 1.29 is 19.4 Å². The lowest BCUT2D eigenvalue weighted by Crippen LogP contribution is -2.55. The van der Waals surface area contributed by atoms with E-state index in [1.165, 1.54) is 0 Å². The van der Waals surface area contributed by atoms with Crippen LogP contribution in [-0.2, 0) is 19.9 Å². The first-order valence-electron chi connectivity index (χ1n) is 9.12. The molecule has 5 nitrogen and oxygen atoms in total. The van der Waals surface area contributed by atoms with Gasteiger partial charge in [-0.2, -0.15) is 0 Å². The minimum absolute atomic E-state index is 0.144. The Hall–Kier alpha value is -1.79. The first-order valence-corrected chi connectivity index (χ1v) is 9.94. The molecule has 1 aromatic carbocycles. The van der Waals surface area contributed by atoms with Gasteiger partial charge in [-0.05, 0) is 32.8 Å². The van der Waals surface area contributed by atoms with Gasteiger partial charge < -0.3 is 14.7 Å². The Kier molecular flexibility index (Phi) is 4.15. The number of benzene rings is 1. The van der Waals surface area contributed by atoms with E-state index < -0.39 is 10.3 Å². The second-order valence-corrected chi connectivity index (χ2v) is 8.72. The molecule has 3 aliphatic rings. The van der Waals surface area contributed by atoms with E-state index in [4.69, 9.17) is 4.74 Å². The molecular formula is C20H23NO4S. The molecule has 1 N–H and O–H groups in total. The van der Waals surface area contributed by atoms with Crippen molar-refractivity contribution >= 4 is 28.5 Å². The van der Waals surface area contributed by atoms with Crippen LogP contribution in [0.3, 0.4) is 0 Å². The lowest BCUT2D eigenvalue weighted by atomic mass is 9.80. The van der Waals surface area contributed by atoms with Crippen molar-refractivity contribution in [3.8, 4) is 0 Å². The van der Waals surface area contributed by atoms with Gasteiger partial charge in [0.25, 0.3) is 5.91 Å². The second-order valence-electron chi connectivity index (χ2n) is 7.32. The number of carbonyl (C=O) groups is 2. The maximum Gasteiger partial charge on any atom is 0.265 e. The molecule has 138 valence electrons. The standard InChI is InChI=1S/C20H23NO4S/c1-13-16-19(2,26-17(13)22)20(24)14-9-5-6-10-15(14)21(18(20)23)11-7-3-4-8-12-25-16/h5-6,9-10,24H,3-4,7-8,11-12H2,1-2H3. The van der Waals surface area contributed by atoms with E-state index in [1.54, 1.807) is 24.8 Å². The van der Waals surface area contributed by atoms with Gasteiger partial charge >= 0.3 is 0 Å². The number of para-hydroxylation sites is 1. The van der Waals surface area contributed by atoms with Crippen molar-refractivity contribution in [3.05, 3.63) is 41.2 Å². The van der Waals surface area contributed by atoms with E-state index in [1.807, 2.05) is 18.2 Å². The van der Waals surface area contributed by atoms with Crippen LogP contribution in [0.5, 0.6) is 0 Å². The number of carbonyl (C=O) groups excluding carboxylic acids is 2. The molecule has 6 heteroatoms. The third-order valence-corrected chi connectivity index (χ3v) is 7.11. The SMILES string of the molecule is CC1=C2OCCCCCCN3C(=O)C(O)(c4ccccc43)C2(C)SC1=O. The van der Waals surface area contributed by atoms with Gasteiger partial charge in [-0.15, -0.1) is 0 Å². The predicted octanol–water partition coefficient (Wildman–Crippen LogP) is 3.12. The average Bonchev–Trinajstić information content (AvgIpc) is 2.99. The predicted molar refractivity (Wildman–Crippen MR) is 101 cm³/mol. The molecule has 0 spiro atoms. The minimum Gasteiger partial charge on any atom is -0.496 e. The molecule has 0 aliphatic carbocycles. The number of ether oxygens (including phenoxy) is 1. The molecule has 1 aromatic rings. The maximum atomic E-state index is 13.4. The fourth-order valence-electron chi connectivity index (χ4n) is 4.26. The molecular weight excluding hydrogens is 350 g/mol. The second kappa shape index (κ2) is 6.13. The van der Waals surface area contributed by atoms with Gasteiger partial charge in [-0.25, -0.2) is 0 Å². The monoisotopic (exact) mass is 373 g/mol. The highest BCUT2D eigenvalue weighted by atomic mass is 32.2. The Bertz CT molecular complexity index is 820. The van der Waals surface area contributed by atoms with Crippen LogP contribution in [0.15, 0.2) is 35.6 Å². The zero-order chi connectivity index (χ0) is 18.5. The highest BCUT2D eigenvalue weighted by Gasteiger charge is 2.66. The van der Waals surface area contributed by atoms with Crippen molar-refractivity contribution in [2.45, 2.75) is 49.9 Å². The van der Waals surface area contributed by atoms with E-state index in [0.717, 1.165) is 43.1 Å². The van der Waals surface area contributed by atoms with Crippen molar-refractivity contribution in [2.75, 3.05) is 18.1 Å². The van der Waals surface area contributed by atoms with Gasteiger partial charge in [-0.3, -0.25) is 9.59 Å². The fourth-order valence-corrected chi connectivity index (χ4v) is 5.53. The van der Waals surface area contributed by atoms with Crippen LogP contribution < -0.4 is 4.90 Å². The summed E-state index contributed by atoms with van der Waals surface area (Å²) >= 11 is 1.00. The lowest BCUT2D eigenvalue weighted by Gasteiger charge is -2.39. The van der Waals surface area contributed by atoms with Crippen molar-refractivity contribution in [1.29, 1.82) is 0 Å². The topological polar surface area (TPSA) is 66.8 Å². The Morgan fingerprint density at radius 2 is 1.88 bits per heavy atom. The number of anilines is 1. The summed E-state index contributed by atoms with van der Waals surface area (Å²) in [5.41, 5.74) is -0.0390. The van der Waals surface area contributed by atoms with Crippen LogP contribution in [-0.4, -0.2) is 34.0 Å². The smallest absolute Gasteiger partial charge is 0.265 e. The van der Waals surface area contributed by atoms with E-state index in [2.05, 4.69) is 0 Å². The number of fused-ring (bicyclic) bond motifs is 7. The van der Waals surface area contributed by atoms with Crippen LogP contribution in [0.2, 0.25) is 0 Å². The third kappa shape index (κ3) is 2.21. The molecule has 0 saturated carbocycles. The van der Waals surface area contributed by atoms with Crippen LogP contribution in [0.25, 0.3) is 0 Å². The first kappa shape index (κ1) is 17.6. The van der Waals surface area contributed by atoms with Gasteiger partial charge in [0.05, 0.1) is 12.3 Å². The van der Waals surface area contributed by atoms with E-state index in [9.17, 15) is 14.7 Å². The molecule has 3 aliphatic heterocycles. The summed E-state index contributed by atoms with van der Waals surface area (Å²) in [6, 6.07) is 7.35. The maximum absolute atomic E-state index is 13.4. The number of amides is 1. The fraction of sp³-hybridized carbons (Fsp3) is 0.500. The molecule has 2 bridgehead atoms. The molecule has 0 radical (unpaired) electrons. The Morgan fingerprint density at radius 3 is 2.69 bits per heavy atom. The van der Waals surface area contributed by atoms with E-state index >= 15 is 0 Å². The molecule has 3 heterocycles. The normalized spacial score (nSPS) is 31.9. The molecule has 26 heavy (non-hydrogen) atoms. The van der Waals surface area contributed by atoms with Crippen LogP contribution in [0, 0.1) is 0 Å². The van der Waals surface area contributed by atoms with Crippen LogP contribution >= 0.6 is 11.8 Å². The van der Waals surface area contributed by atoms with Crippen LogP contribution in [0.4, 0.5) is 5.69 Å². The van der Waals surface area contributed by atoms with Crippen molar-refractivity contribution in [1.82, 2.24) is 0 Å². The van der Waals surface area contributed by atoms with Gasteiger partial charge in [-0.1, -0.05) is 42.8 Å². The van der Waals surface area contributed by atoms with Gasteiger partial charge in [0.2, 0.25) is 5.12 Å². The van der Waals surface area contributed by atoms with E-state index in [0.29, 0.717) is 30.0 Å². The number of rotatable bonds is 0. The Balaban J connectivity index is 1.93. The molecule has 4 rings (SSSR count). The molecule has 1 amide bonds. The zero-order valence-corrected chi connectivity index (χ0v) is 15.9. The number of aliphatic hydroxyl groups is 1. The number of hydrogen-bond acceptors (Lipinski definition) is 5. The summed E-state index contributed by atoms with van der Waals surface area (Å²) < 4.78 is 4.84.